The number of rotatable bonds is 4. The van der Waals surface area contributed by atoms with E-state index in [-0.39, 0.29) is 16.0 Å². The monoisotopic (exact) mass is 249 g/mol. The van der Waals surface area contributed by atoms with Gasteiger partial charge in [0.15, 0.2) is 0 Å². The molecule has 1 heterocycles. The largest absolute Gasteiger partial charge is 0.364 e. The SMILES string of the molecule is Cc1cnc(NCC2(C)CCCC2)c([N+](=O)[O-])c1. The van der Waals surface area contributed by atoms with Crippen molar-refractivity contribution >= 4 is 11.5 Å². The van der Waals surface area contributed by atoms with Crippen molar-refractivity contribution in [3.05, 3.63) is 27.9 Å². The molecule has 0 radical (unpaired) electrons. The molecule has 0 unspecified atom stereocenters. The highest BCUT2D eigenvalue weighted by Gasteiger charge is 2.29. The molecule has 18 heavy (non-hydrogen) atoms. The molecule has 5 nitrogen and oxygen atoms in total. The third-order valence-electron chi connectivity index (χ3n) is 3.69. The maximum absolute atomic E-state index is 11.0. The Morgan fingerprint density at radius 1 is 1.50 bits per heavy atom. The van der Waals surface area contributed by atoms with Crippen molar-refractivity contribution in [2.24, 2.45) is 5.41 Å². The van der Waals surface area contributed by atoms with Gasteiger partial charge < -0.3 is 5.32 Å². The van der Waals surface area contributed by atoms with Crippen LogP contribution in [-0.2, 0) is 0 Å². The second-order valence-corrected chi connectivity index (χ2v) is 5.51. The van der Waals surface area contributed by atoms with Gasteiger partial charge in [-0.25, -0.2) is 4.98 Å². The van der Waals surface area contributed by atoms with Crippen LogP contribution in [0.5, 0.6) is 0 Å². The minimum Gasteiger partial charge on any atom is -0.364 e. The van der Waals surface area contributed by atoms with Gasteiger partial charge in [-0.05, 0) is 30.7 Å². The normalized spacial score (nSPS) is 17.7. The van der Waals surface area contributed by atoms with Gasteiger partial charge in [-0.1, -0.05) is 19.8 Å². The van der Waals surface area contributed by atoms with Crippen LogP contribution in [0.15, 0.2) is 12.3 Å². The van der Waals surface area contributed by atoms with E-state index in [4.69, 9.17) is 0 Å². The summed E-state index contributed by atoms with van der Waals surface area (Å²) in [7, 11) is 0. The Kier molecular flexibility index (Phi) is 3.50. The van der Waals surface area contributed by atoms with E-state index in [2.05, 4.69) is 17.2 Å². The molecule has 0 amide bonds. The van der Waals surface area contributed by atoms with E-state index < -0.39 is 0 Å². The molecule has 0 spiro atoms. The minimum absolute atomic E-state index is 0.0663. The lowest BCUT2D eigenvalue weighted by atomic mass is 9.89. The summed E-state index contributed by atoms with van der Waals surface area (Å²) >= 11 is 0. The summed E-state index contributed by atoms with van der Waals surface area (Å²) in [5.74, 6) is 0.388. The van der Waals surface area contributed by atoms with Crippen molar-refractivity contribution in [2.45, 2.75) is 39.5 Å². The molecular weight excluding hydrogens is 230 g/mol. The topological polar surface area (TPSA) is 68.1 Å². The third-order valence-corrected chi connectivity index (χ3v) is 3.69. The number of nitrogens with one attached hydrogen (secondary N) is 1. The number of anilines is 1. The number of nitrogens with zero attached hydrogens (tertiary/aromatic N) is 2. The molecule has 1 aromatic rings. The molecule has 0 atom stereocenters. The van der Waals surface area contributed by atoms with Crippen LogP contribution in [0.1, 0.15) is 38.2 Å². The highest BCUT2D eigenvalue weighted by Crippen LogP contribution is 2.37. The Morgan fingerprint density at radius 2 is 2.17 bits per heavy atom. The van der Waals surface area contributed by atoms with Crippen LogP contribution in [0, 0.1) is 22.5 Å². The number of aryl methyl sites for hydroxylation is 1. The van der Waals surface area contributed by atoms with Crippen molar-refractivity contribution < 1.29 is 4.92 Å². The molecule has 1 saturated carbocycles. The first-order valence-corrected chi connectivity index (χ1v) is 6.35. The molecule has 0 saturated heterocycles. The van der Waals surface area contributed by atoms with E-state index >= 15 is 0 Å². The van der Waals surface area contributed by atoms with Gasteiger partial charge in [0.2, 0.25) is 5.82 Å². The van der Waals surface area contributed by atoms with Crippen molar-refractivity contribution in [3.63, 3.8) is 0 Å². The van der Waals surface area contributed by atoms with E-state index in [9.17, 15) is 10.1 Å². The number of aromatic nitrogens is 1. The van der Waals surface area contributed by atoms with Gasteiger partial charge in [-0.15, -0.1) is 0 Å². The fourth-order valence-corrected chi connectivity index (χ4v) is 2.53. The molecule has 1 aliphatic carbocycles. The second kappa shape index (κ2) is 4.92. The molecule has 5 heteroatoms. The minimum atomic E-state index is -0.376. The lowest BCUT2D eigenvalue weighted by Crippen LogP contribution is -2.23. The van der Waals surface area contributed by atoms with Gasteiger partial charge in [-0.2, -0.15) is 0 Å². The Bertz CT molecular complexity index is 454. The van der Waals surface area contributed by atoms with Crippen molar-refractivity contribution in [3.8, 4) is 0 Å². The molecule has 1 fully saturated rings. The number of pyridine rings is 1. The lowest BCUT2D eigenvalue weighted by Gasteiger charge is -2.23. The molecule has 2 rings (SSSR count). The highest BCUT2D eigenvalue weighted by molar-refractivity contribution is 5.56. The summed E-state index contributed by atoms with van der Waals surface area (Å²) in [5.41, 5.74) is 1.12. The van der Waals surface area contributed by atoms with Gasteiger partial charge in [0.25, 0.3) is 0 Å². The lowest BCUT2D eigenvalue weighted by molar-refractivity contribution is -0.384. The van der Waals surface area contributed by atoms with Gasteiger partial charge in [0.1, 0.15) is 0 Å². The summed E-state index contributed by atoms with van der Waals surface area (Å²) in [6.45, 7) is 4.79. The molecule has 1 N–H and O–H groups in total. The summed E-state index contributed by atoms with van der Waals surface area (Å²) in [6, 6.07) is 1.56. The summed E-state index contributed by atoms with van der Waals surface area (Å²) in [5, 5.41) is 14.1. The predicted octanol–water partition coefficient (Wildman–Crippen LogP) is 3.29. The Hall–Kier alpha value is -1.65. The van der Waals surface area contributed by atoms with Gasteiger partial charge in [0.05, 0.1) is 4.92 Å². The van der Waals surface area contributed by atoms with Crippen molar-refractivity contribution in [2.75, 3.05) is 11.9 Å². The molecular formula is C13H19N3O2. The van der Waals surface area contributed by atoms with E-state index in [1.807, 2.05) is 6.92 Å². The van der Waals surface area contributed by atoms with Gasteiger partial charge >= 0.3 is 5.69 Å². The van der Waals surface area contributed by atoms with Crippen molar-refractivity contribution in [1.29, 1.82) is 0 Å². The first-order valence-electron chi connectivity index (χ1n) is 6.35. The molecule has 0 aliphatic heterocycles. The summed E-state index contributed by atoms with van der Waals surface area (Å²) in [6.07, 6.45) is 6.52. The zero-order valence-corrected chi connectivity index (χ0v) is 10.9. The molecule has 0 bridgehead atoms. The van der Waals surface area contributed by atoms with Crippen LogP contribution in [0.25, 0.3) is 0 Å². The van der Waals surface area contributed by atoms with Crippen molar-refractivity contribution in [1.82, 2.24) is 4.98 Å². The number of hydrogen-bond acceptors (Lipinski definition) is 4. The fraction of sp³-hybridized carbons (Fsp3) is 0.615. The van der Waals surface area contributed by atoms with E-state index in [1.54, 1.807) is 12.3 Å². The maximum Gasteiger partial charge on any atom is 0.311 e. The van der Waals surface area contributed by atoms with E-state index in [1.165, 1.54) is 25.7 Å². The zero-order valence-electron chi connectivity index (χ0n) is 10.9. The summed E-state index contributed by atoms with van der Waals surface area (Å²) < 4.78 is 0. The standard InChI is InChI=1S/C13H19N3O2/c1-10-7-11(16(17)18)12(14-8-10)15-9-13(2)5-3-4-6-13/h7-8H,3-6,9H2,1-2H3,(H,14,15). The molecule has 1 aromatic heterocycles. The van der Waals surface area contributed by atoms with Crippen LogP contribution >= 0.6 is 0 Å². The molecule has 1 aliphatic rings. The number of hydrogen-bond donors (Lipinski definition) is 1. The average Bonchev–Trinajstić information content (AvgIpc) is 2.75. The van der Waals surface area contributed by atoms with Gasteiger partial charge in [-0.3, -0.25) is 10.1 Å². The molecule has 98 valence electrons. The highest BCUT2D eigenvalue weighted by atomic mass is 16.6. The number of nitro groups is 1. The van der Waals surface area contributed by atoms with Gasteiger partial charge in [0, 0.05) is 18.8 Å². The third kappa shape index (κ3) is 2.78. The maximum atomic E-state index is 11.0. The zero-order chi connectivity index (χ0) is 13.2. The van der Waals surface area contributed by atoms with Crippen LogP contribution in [-0.4, -0.2) is 16.5 Å². The summed E-state index contributed by atoms with van der Waals surface area (Å²) in [4.78, 5) is 14.7. The van der Waals surface area contributed by atoms with E-state index in [0.717, 1.165) is 12.1 Å². The first kappa shape index (κ1) is 12.8. The quantitative estimate of drug-likeness (QED) is 0.656. The van der Waals surface area contributed by atoms with Crippen LogP contribution in [0.3, 0.4) is 0 Å². The Morgan fingerprint density at radius 3 is 2.78 bits per heavy atom. The van der Waals surface area contributed by atoms with Crippen LogP contribution < -0.4 is 5.32 Å². The predicted molar refractivity (Wildman–Crippen MR) is 70.7 cm³/mol. The average molecular weight is 249 g/mol. The smallest absolute Gasteiger partial charge is 0.311 e. The van der Waals surface area contributed by atoms with Crippen LogP contribution in [0.4, 0.5) is 11.5 Å². The first-order chi connectivity index (χ1) is 8.50. The second-order valence-electron chi connectivity index (χ2n) is 5.51. The van der Waals surface area contributed by atoms with E-state index in [0.29, 0.717) is 5.82 Å². The Balaban J connectivity index is 2.11. The van der Waals surface area contributed by atoms with Crippen LogP contribution in [0.2, 0.25) is 0 Å². The fourth-order valence-electron chi connectivity index (χ4n) is 2.53. The molecule has 0 aromatic carbocycles. The Labute approximate surface area is 107 Å².